The van der Waals surface area contributed by atoms with Crippen molar-refractivity contribution >= 4 is 17.1 Å². The molecule has 0 spiro atoms. The molecule has 0 aliphatic carbocycles. The molecule has 0 aliphatic rings. The molecule has 22 heavy (non-hydrogen) atoms. The average molecular weight is 325 g/mol. The summed E-state index contributed by atoms with van der Waals surface area (Å²) < 4.78 is 26.4. The van der Waals surface area contributed by atoms with Gasteiger partial charge in [-0.3, -0.25) is 4.79 Å². The van der Waals surface area contributed by atoms with Crippen molar-refractivity contribution in [2.24, 2.45) is 5.92 Å². The summed E-state index contributed by atoms with van der Waals surface area (Å²) in [6, 6.07) is 1.63. The first-order valence-corrected chi connectivity index (χ1v) is 8.00. The fourth-order valence-electron chi connectivity index (χ4n) is 2.22. The number of halogens is 2. The lowest BCUT2D eigenvalue weighted by Crippen LogP contribution is -2.14. The summed E-state index contributed by atoms with van der Waals surface area (Å²) in [6.45, 7) is 3.86. The van der Waals surface area contributed by atoms with Gasteiger partial charge in [0.1, 0.15) is 5.69 Å². The summed E-state index contributed by atoms with van der Waals surface area (Å²) in [6.07, 6.45) is 2.39. The maximum absolute atomic E-state index is 13.2. The van der Waals surface area contributed by atoms with Crippen LogP contribution in [0.1, 0.15) is 54.9 Å². The minimum absolute atomic E-state index is 0.0396. The van der Waals surface area contributed by atoms with Gasteiger partial charge >= 0.3 is 0 Å². The fourth-order valence-corrected chi connectivity index (χ4v) is 3.26. The molecule has 0 amide bonds. The number of carbonyl (C=O) groups excluding carboxylic acids is 1. The molecule has 0 bridgehead atoms. The lowest BCUT2D eigenvalue weighted by molar-refractivity contribution is 0.0899. The van der Waals surface area contributed by atoms with E-state index in [0.717, 1.165) is 17.8 Å². The van der Waals surface area contributed by atoms with Crippen LogP contribution < -0.4 is 0 Å². The third-order valence-corrected chi connectivity index (χ3v) is 4.42. The zero-order chi connectivity index (χ0) is 16.1. The van der Waals surface area contributed by atoms with Gasteiger partial charge in [0.15, 0.2) is 16.6 Å². The van der Waals surface area contributed by atoms with E-state index in [1.807, 2.05) is 13.8 Å². The van der Waals surface area contributed by atoms with Gasteiger partial charge in [0.05, 0.1) is 4.88 Å². The molecule has 0 saturated carbocycles. The van der Waals surface area contributed by atoms with Crippen molar-refractivity contribution in [2.45, 2.75) is 39.5 Å². The Bertz CT molecular complexity index is 631. The molecule has 0 radical (unpaired) electrons. The number of aromatic nitrogens is 3. The van der Waals surface area contributed by atoms with E-state index < -0.39 is 12.1 Å². The first-order chi connectivity index (χ1) is 10.6. The summed E-state index contributed by atoms with van der Waals surface area (Å²) in [5, 5.41) is 0.255. The number of thiazole rings is 1. The lowest BCUT2D eigenvalue weighted by Gasteiger charge is -2.11. The fraction of sp³-hybridized carbons (Fsp3) is 0.467. The molecule has 4 nitrogen and oxygen atoms in total. The molecule has 0 saturated heterocycles. The third kappa shape index (κ3) is 3.52. The second-order valence-corrected chi connectivity index (χ2v) is 5.86. The SMILES string of the molecule is CCCC(CC)C(=O)c1sc(-c2ncccn2)nc1C(F)F. The van der Waals surface area contributed by atoms with Gasteiger partial charge in [-0.2, -0.15) is 0 Å². The van der Waals surface area contributed by atoms with Crippen molar-refractivity contribution in [2.75, 3.05) is 0 Å². The molecule has 2 rings (SSSR count). The minimum Gasteiger partial charge on any atom is -0.293 e. The number of rotatable bonds is 7. The van der Waals surface area contributed by atoms with Gasteiger partial charge in [-0.25, -0.2) is 23.7 Å². The number of alkyl halides is 2. The van der Waals surface area contributed by atoms with Crippen LogP contribution in [-0.4, -0.2) is 20.7 Å². The minimum atomic E-state index is -2.79. The standard InChI is InChI=1S/C15H17F2N3OS/c1-3-6-9(4-2)11(21)12-10(13(16)17)20-15(22-12)14-18-7-5-8-19-14/h5,7-9,13H,3-4,6H2,1-2H3. The zero-order valence-corrected chi connectivity index (χ0v) is 13.2. The molecule has 2 heterocycles. The first kappa shape index (κ1) is 16.6. The van der Waals surface area contributed by atoms with Gasteiger partial charge in [-0.1, -0.05) is 20.3 Å². The highest BCUT2D eigenvalue weighted by molar-refractivity contribution is 7.17. The van der Waals surface area contributed by atoms with Gasteiger partial charge in [-0.15, -0.1) is 11.3 Å². The third-order valence-electron chi connectivity index (χ3n) is 3.34. The van der Waals surface area contributed by atoms with Crippen LogP contribution in [0.2, 0.25) is 0 Å². The highest BCUT2D eigenvalue weighted by atomic mass is 32.1. The highest BCUT2D eigenvalue weighted by Gasteiger charge is 2.29. The van der Waals surface area contributed by atoms with E-state index in [2.05, 4.69) is 15.0 Å². The van der Waals surface area contributed by atoms with E-state index in [-0.39, 0.29) is 27.4 Å². The molecular weight excluding hydrogens is 308 g/mol. The van der Waals surface area contributed by atoms with Crippen molar-refractivity contribution in [3.8, 4) is 10.8 Å². The number of ketones is 1. The van der Waals surface area contributed by atoms with Crippen LogP contribution in [0.3, 0.4) is 0 Å². The molecule has 1 unspecified atom stereocenters. The van der Waals surface area contributed by atoms with Gasteiger partial charge in [-0.05, 0) is 18.9 Å². The molecular formula is C15H17F2N3OS. The Morgan fingerprint density at radius 2 is 1.95 bits per heavy atom. The Hall–Kier alpha value is -1.76. The van der Waals surface area contributed by atoms with Crippen LogP contribution in [0.25, 0.3) is 10.8 Å². The summed E-state index contributed by atoms with van der Waals surface area (Å²) in [5.74, 6) is -0.233. The van der Waals surface area contributed by atoms with Gasteiger partial charge in [0.2, 0.25) is 0 Å². The van der Waals surface area contributed by atoms with Crippen LogP contribution in [0.5, 0.6) is 0 Å². The largest absolute Gasteiger partial charge is 0.293 e. The topological polar surface area (TPSA) is 55.7 Å². The summed E-state index contributed by atoms with van der Waals surface area (Å²) >= 11 is 0.953. The molecule has 0 aromatic carbocycles. The molecule has 0 fully saturated rings. The van der Waals surface area contributed by atoms with Gasteiger partial charge in [0.25, 0.3) is 6.43 Å². The average Bonchev–Trinajstić information content (AvgIpc) is 2.98. The van der Waals surface area contributed by atoms with Gasteiger partial charge in [0, 0.05) is 18.3 Å². The van der Waals surface area contributed by atoms with Gasteiger partial charge < -0.3 is 0 Å². The number of Topliss-reactive ketones (excluding diaryl/α,β-unsaturated/α-hetero) is 1. The van der Waals surface area contributed by atoms with Crippen molar-refractivity contribution in [3.05, 3.63) is 29.0 Å². The maximum Gasteiger partial charge on any atom is 0.281 e. The molecule has 0 N–H and O–H groups in total. The quantitative estimate of drug-likeness (QED) is 0.701. The van der Waals surface area contributed by atoms with E-state index in [1.165, 1.54) is 12.4 Å². The van der Waals surface area contributed by atoms with Crippen LogP contribution in [-0.2, 0) is 0 Å². The first-order valence-electron chi connectivity index (χ1n) is 7.18. The van der Waals surface area contributed by atoms with Crippen LogP contribution >= 0.6 is 11.3 Å². The van der Waals surface area contributed by atoms with E-state index in [9.17, 15) is 13.6 Å². The van der Waals surface area contributed by atoms with E-state index in [4.69, 9.17) is 0 Å². The molecule has 7 heteroatoms. The highest BCUT2D eigenvalue weighted by Crippen LogP contribution is 2.34. The predicted octanol–water partition coefficient (Wildman–Crippen LogP) is 4.55. The zero-order valence-electron chi connectivity index (χ0n) is 12.4. The van der Waals surface area contributed by atoms with Crippen LogP contribution in [0, 0.1) is 5.92 Å². The summed E-state index contributed by atoms with van der Waals surface area (Å²) in [4.78, 5) is 24.5. The Labute approximate surface area is 131 Å². The maximum atomic E-state index is 13.2. The lowest BCUT2D eigenvalue weighted by atomic mass is 9.94. The molecule has 118 valence electrons. The number of nitrogens with zero attached hydrogens (tertiary/aromatic N) is 3. The van der Waals surface area contributed by atoms with E-state index in [0.29, 0.717) is 12.8 Å². The molecule has 1 atom stereocenters. The number of hydrogen-bond donors (Lipinski definition) is 0. The van der Waals surface area contributed by atoms with Crippen molar-refractivity contribution in [1.82, 2.24) is 15.0 Å². The molecule has 0 aliphatic heterocycles. The van der Waals surface area contributed by atoms with Crippen LogP contribution in [0.4, 0.5) is 8.78 Å². The number of carbonyl (C=O) groups is 1. The number of hydrogen-bond acceptors (Lipinski definition) is 5. The normalized spacial score (nSPS) is 12.6. The Kier molecular flexibility index (Phi) is 5.65. The second-order valence-electron chi connectivity index (χ2n) is 4.86. The summed E-state index contributed by atoms with van der Waals surface area (Å²) in [7, 11) is 0. The Balaban J connectivity index is 2.42. The molecule has 2 aromatic rings. The Morgan fingerprint density at radius 3 is 2.50 bits per heavy atom. The van der Waals surface area contributed by atoms with E-state index in [1.54, 1.807) is 6.07 Å². The second kappa shape index (κ2) is 7.49. The van der Waals surface area contributed by atoms with Crippen molar-refractivity contribution < 1.29 is 13.6 Å². The van der Waals surface area contributed by atoms with Crippen molar-refractivity contribution in [3.63, 3.8) is 0 Å². The van der Waals surface area contributed by atoms with E-state index >= 15 is 0 Å². The predicted molar refractivity (Wildman–Crippen MR) is 81.1 cm³/mol. The smallest absolute Gasteiger partial charge is 0.281 e. The monoisotopic (exact) mass is 325 g/mol. The Morgan fingerprint density at radius 1 is 1.27 bits per heavy atom. The van der Waals surface area contributed by atoms with Crippen molar-refractivity contribution in [1.29, 1.82) is 0 Å². The van der Waals surface area contributed by atoms with Crippen LogP contribution in [0.15, 0.2) is 18.5 Å². The molecule has 2 aromatic heterocycles. The summed E-state index contributed by atoms with van der Waals surface area (Å²) in [5.41, 5.74) is -0.452.